The maximum Gasteiger partial charge on any atom is 0.358 e. The molecule has 0 bridgehead atoms. The average Bonchev–Trinajstić information content (AvgIpc) is 3.07. The number of hydrogen-bond acceptors (Lipinski definition) is 6. The highest BCUT2D eigenvalue weighted by atomic mass is 32.1. The molecule has 0 aliphatic heterocycles. The van der Waals surface area contributed by atoms with E-state index in [0.717, 1.165) is 5.56 Å². The summed E-state index contributed by atoms with van der Waals surface area (Å²) in [6.45, 7) is 5.44. The number of ether oxygens (including phenoxy) is 1. The molecule has 2 aromatic rings. The Labute approximate surface area is 148 Å². The minimum Gasteiger partial charge on any atom is -0.451 e. The Morgan fingerprint density at radius 1 is 1.40 bits per heavy atom. The molecule has 1 aromatic carbocycles. The van der Waals surface area contributed by atoms with E-state index in [1.54, 1.807) is 30.5 Å². The largest absolute Gasteiger partial charge is 0.451 e. The molecule has 0 fully saturated rings. The van der Waals surface area contributed by atoms with E-state index in [4.69, 9.17) is 4.74 Å². The zero-order valence-corrected chi connectivity index (χ0v) is 14.4. The monoisotopic (exact) mass is 363 g/mol. The second-order valence-corrected chi connectivity index (χ2v) is 5.98. The molecular formula is C17H18FN3O3S. The number of nitrogens with one attached hydrogen (secondary N) is 2. The van der Waals surface area contributed by atoms with Gasteiger partial charge in [-0.15, -0.1) is 17.9 Å². The van der Waals surface area contributed by atoms with Gasteiger partial charge in [-0.3, -0.25) is 4.79 Å². The van der Waals surface area contributed by atoms with E-state index >= 15 is 0 Å². The quantitative estimate of drug-likeness (QED) is 0.557. The predicted molar refractivity (Wildman–Crippen MR) is 94.0 cm³/mol. The number of amides is 1. The third-order valence-corrected chi connectivity index (χ3v) is 3.99. The van der Waals surface area contributed by atoms with E-state index in [0.29, 0.717) is 11.7 Å². The predicted octanol–water partition coefficient (Wildman–Crippen LogP) is 2.91. The van der Waals surface area contributed by atoms with E-state index in [1.165, 1.54) is 23.5 Å². The molecule has 2 N–H and O–H groups in total. The molecular weight excluding hydrogens is 345 g/mol. The highest BCUT2D eigenvalue weighted by Gasteiger charge is 2.15. The van der Waals surface area contributed by atoms with Crippen molar-refractivity contribution < 1.29 is 18.7 Å². The van der Waals surface area contributed by atoms with Crippen LogP contribution in [0.4, 0.5) is 9.52 Å². The molecule has 25 heavy (non-hydrogen) atoms. The summed E-state index contributed by atoms with van der Waals surface area (Å²) >= 11 is 1.26. The highest BCUT2D eigenvalue weighted by molar-refractivity contribution is 7.13. The van der Waals surface area contributed by atoms with E-state index < -0.39 is 18.5 Å². The van der Waals surface area contributed by atoms with Crippen LogP contribution in [0.2, 0.25) is 0 Å². The Hall–Kier alpha value is -2.74. The number of rotatable bonds is 8. The first kappa shape index (κ1) is 18.6. The average molecular weight is 363 g/mol. The zero-order valence-electron chi connectivity index (χ0n) is 13.6. The lowest BCUT2D eigenvalue weighted by Gasteiger charge is -2.14. The summed E-state index contributed by atoms with van der Waals surface area (Å²) in [6, 6.07) is 5.47. The Kier molecular flexibility index (Phi) is 6.64. The summed E-state index contributed by atoms with van der Waals surface area (Å²) in [6.07, 6.45) is 1.67. The summed E-state index contributed by atoms with van der Waals surface area (Å²) in [4.78, 5) is 27.8. The molecule has 0 aliphatic carbocycles. The summed E-state index contributed by atoms with van der Waals surface area (Å²) < 4.78 is 17.8. The van der Waals surface area contributed by atoms with Gasteiger partial charge in [0.15, 0.2) is 17.4 Å². The standard InChI is InChI=1S/C17H18FN3O3S/c1-3-8-19-17-21-14(10-25-17)16(23)24-9-15(22)20-11(2)12-4-6-13(18)7-5-12/h3-7,10-11H,1,8-9H2,2H3,(H,19,21)(H,20,22)/t11-/m1/s1. The molecule has 1 aromatic heterocycles. The fraction of sp³-hybridized carbons (Fsp3) is 0.235. The lowest BCUT2D eigenvalue weighted by molar-refractivity contribution is -0.124. The smallest absolute Gasteiger partial charge is 0.358 e. The number of carbonyl (C=O) groups excluding carboxylic acids is 2. The van der Waals surface area contributed by atoms with Crippen molar-refractivity contribution in [2.24, 2.45) is 0 Å². The van der Waals surface area contributed by atoms with E-state index in [1.807, 2.05) is 0 Å². The van der Waals surface area contributed by atoms with E-state index in [9.17, 15) is 14.0 Å². The Morgan fingerprint density at radius 2 is 2.12 bits per heavy atom. The van der Waals surface area contributed by atoms with Crippen molar-refractivity contribution in [3.8, 4) is 0 Å². The van der Waals surface area contributed by atoms with Crippen LogP contribution < -0.4 is 10.6 Å². The number of nitrogens with zero attached hydrogens (tertiary/aromatic N) is 1. The van der Waals surface area contributed by atoms with Gasteiger partial charge in [-0.25, -0.2) is 14.2 Å². The Bertz CT molecular complexity index is 746. The van der Waals surface area contributed by atoms with Crippen molar-refractivity contribution in [3.63, 3.8) is 0 Å². The molecule has 6 nitrogen and oxygen atoms in total. The van der Waals surface area contributed by atoms with Gasteiger partial charge < -0.3 is 15.4 Å². The van der Waals surface area contributed by atoms with Gasteiger partial charge in [0, 0.05) is 11.9 Å². The summed E-state index contributed by atoms with van der Waals surface area (Å²) in [5.74, 6) is -1.47. The van der Waals surface area contributed by atoms with Crippen LogP contribution >= 0.6 is 11.3 Å². The van der Waals surface area contributed by atoms with Gasteiger partial charge in [0.05, 0.1) is 6.04 Å². The summed E-state index contributed by atoms with van der Waals surface area (Å²) in [5, 5.41) is 7.75. The summed E-state index contributed by atoms with van der Waals surface area (Å²) in [5.41, 5.74) is 0.884. The normalized spacial score (nSPS) is 11.4. The first-order valence-electron chi connectivity index (χ1n) is 7.52. The second-order valence-electron chi connectivity index (χ2n) is 5.12. The van der Waals surface area contributed by atoms with E-state index in [2.05, 4.69) is 22.2 Å². The van der Waals surface area contributed by atoms with Gasteiger partial charge in [-0.1, -0.05) is 18.2 Å². The van der Waals surface area contributed by atoms with Crippen molar-refractivity contribution >= 4 is 28.3 Å². The SMILES string of the molecule is C=CCNc1nc(C(=O)OCC(=O)N[C@H](C)c2ccc(F)cc2)cs1. The molecule has 2 rings (SSSR count). The maximum atomic E-state index is 12.9. The first-order valence-corrected chi connectivity index (χ1v) is 8.40. The molecule has 1 atom stereocenters. The topological polar surface area (TPSA) is 80.3 Å². The van der Waals surface area contributed by atoms with Crippen LogP contribution in [-0.4, -0.2) is 30.0 Å². The van der Waals surface area contributed by atoms with Crippen molar-refractivity contribution in [1.82, 2.24) is 10.3 Å². The van der Waals surface area contributed by atoms with Crippen LogP contribution in [0.15, 0.2) is 42.3 Å². The Balaban J connectivity index is 1.80. The molecule has 0 radical (unpaired) electrons. The van der Waals surface area contributed by atoms with E-state index in [-0.39, 0.29) is 17.6 Å². The number of carbonyl (C=O) groups is 2. The third-order valence-electron chi connectivity index (χ3n) is 3.19. The molecule has 0 saturated heterocycles. The molecule has 0 spiro atoms. The maximum absolute atomic E-state index is 12.9. The zero-order chi connectivity index (χ0) is 18.2. The van der Waals surface area contributed by atoms with Gasteiger partial charge in [0.2, 0.25) is 0 Å². The number of halogens is 1. The Morgan fingerprint density at radius 3 is 2.80 bits per heavy atom. The number of thiazole rings is 1. The molecule has 1 heterocycles. The number of esters is 1. The molecule has 8 heteroatoms. The van der Waals surface area contributed by atoms with Crippen molar-refractivity contribution in [2.75, 3.05) is 18.5 Å². The van der Waals surface area contributed by atoms with Crippen molar-refractivity contribution in [3.05, 3.63) is 59.4 Å². The van der Waals surface area contributed by atoms with Crippen LogP contribution in [0.5, 0.6) is 0 Å². The van der Waals surface area contributed by atoms with Gasteiger partial charge in [0.25, 0.3) is 5.91 Å². The minimum absolute atomic E-state index is 0.135. The summed E-state index contributed by atoms with van der Waals surface area (Å²) in [7, 11) is 0. The van der Waals surface area contributed by atoms with Gasteiger partial charge >= 0.3 is 5.97 Å². The lowest BCUT2D eigenvalue weighted by atomic mass is 10.1. The minimum atomic E-state index is -0.674. The molecule has 0 saturated carbocycles. The fourth-order valence-electron chi connectivity index (χ4n) is 1.93. The number of aromatic nitrogens is 1. The number of benzene rings is 1. The molecule has 132 valence electrons. The van der Waals surface area contributed by atoms with Gasteiger partial charge in [-0.05, 0) is 24.6 Å². The van der Waals surface area contributed by atoms with Gasteiger partial charge in [0.1, 0.15) is 5.82 Å². The molecule has 0 aliphatic rings. The van der Waals surface area contributed by atoms with Crippen LogP contribution in [0.25, 0.3) is 0 Å². The van der Waals surface area contributed by atoms with Crippen molar-refractivity contribution in [1.29, 1.82) is 0 Å². The highest BCUT2D eigenvalue weighted by Crippen LogP contribution is 2.16. The molecule has 0 unspecified atom stereocenters. The third kappa shape index (κ3) is 5.68. The first-order chi connectivity index (χ1) is 12.0. The van der Waals surface area contributed by atoms with Crippen molar-refractivity contribution in [2.45, 2.75) is 13.0 Å². The van der Waals surface area contributed by atoms with Crippen LogP contribution in [0.1, 0.15) is 29.0 Å². The number of hydrogen-bond donors (Lipinski definition) is 2. The lowest BCUT2D eigenvalue weighted by Crippen LogP contribution is -2.31. The fourth-order valence-corrected chi connectivity index (χ4v) is 2.62. The number of anilines is 1. The van der Waals surface area contributed by atoms with Gasteiger partial charge in [-0.2, -0.15) is 0 Å². The van der Waals surface area contributed by atoms with Crippen LogP contribution in [0, 0.1) is 5.82 Å². The van der Waals surface area contributed by atoms with Crippen LogP contribution in [0.3, 0.4) is 0 Å². The molecule has 1 amide bonds. The van der Waals surface area contributed by atoms with Crippen LogP contribution in [-0.2, 0) is 9.53 Å². The second kappa shape index (κ2) is 8.93.